The molecule has 0 radical (unpaired) electrons. The van der Waals surface area contributed by atoms with E-state index in [1.54, 1.807) is 31.0 Å². The molecule has 0 aromatic heterocycles. The van der Waals surface area contributed by atoms with E-state index in [0.29, 0.717) is 49.6 Å². The molecule has 0 aliphatic carbocycles. The van der Waals surface area contributed by atoms with Crippen LogP contribution in [0.15, 0.2) is 35.5 Å². The standard InChI is InChI=1S/C24H34FN5O4/c1-5-34-22(31)20-19(15-29-11-6-12-30(14-13-29)24(33)26-16(2)3)28(4)23(32)27-21(20)17-7-9-18(25)10-8-17/h7-10,16,21H,5-6,11-15H2,1-4H3,(H,26,33)(H,27,32)/t21-/m1/s1. The largest absolute Gasteiger partial charge is 0.463 e. The fraction of sp³-hybridized carbons (Fsp3) is 0.542. The number of hydrogen-bond acceptors (Lipinski definition) is 5. The molecular formula is C24H34FN5O4. The van der Waals surface area contributed by atoms with Gasteiger partial charge >= 0.3 is 18.0 Å². The first-order chi connectivity index (χ1) is 16.2. The monoisotopic (exact) mass is 475 g/mol. The molecule has 34 heavy (non-hydrogen) atoms. The molecule has 10 heteroatoms. The summed E-state index contributed by atoms with van der Waals surface area (Å²) in [5.74, 6) is -0.924. The van der Waals surface area contributed by atoms with E-state index in [0.717, 1.165) is 6.42 Å². The van der Waals surface area contributed by atoms with Crippen molar-refractivity contribution in [3.05, 3.63) is 46.9 Å². The van der Waals surface area contributed by atoms with Crippen LogP contribution in [-0.4, -0.2) is 85.2 Å². The van der Waals surface area contributed by atoms with Gasteiger partial charge in [0.2, 0.25) is 0 Å². The normalized spacial score (nSPS) is 19.7. The number of urea groups is 2. The van der Waals surface area contributed by atoms with Crippen LogP contribution < -0.4 is 10.6 Å². The predicted molar refractivity (Wildman–Crippen MR) is 125 cm³/mol. The van der Waals surface area contributed by atoms with Crippen LogP contribution in [0.1, 0.15) is 38.8 Å². The van der Waals surface area contributed by atoms with Gasteiger partial charge < -0.3 is 20.3 Å². The molecule has 1 atom stereocenters. The Kier molecular flexibility index (Phi) is 8.49. The average molecular weight is 476 g/mol. The van der Waals surface area contributed by atoms with Crippen LogP contribution in [0.5, 0.6) is 0 Å². The number of carbonyl (C=O) groups excluding carboxylic acids is 3. The molecular weight excluding hydrogens is 441 g/mol. The molecule has 0 spiro atoms. The van der Waals surface area contributed by atoms with Gasteiger partial charge in [0.05, 0.1) is 18.2 Å². The van der Waals surface area contributed by atoms with Crippen molar-refractivity contribution >= 4 is 18.0 Å². The zero-order valence-corrected chi connectivity index (χ0v) is 20.3. The number of esters is 1. The zero-order chi connectivity index (χ0) is 24.8. The van der Waals surface area contributed by atoms with Gasteiger partial charge in [-0.15, -0.1) is 0 Å². The van der Waals surface area contributed by atoms with Crippen molar-refractivity contribution in [3.63, 3.8) is 0 Å². The van der Waals surface area contributed by atoms with Gasteiger partial charge in [-0.05, 0) is 44.9 Å². The van der Waals surface area contributed by atoms with Gasteiger partial charge in [-0.25, -0.2) is 18.8 Å². The van der Waals surface area contributed by atoms with E-state index >= 15 is 0 Å². The highest BCUT2D eigenvalue weighted by molar-refractivity contribution is 5.95. The zero-order valence-electron chi connectivity index (χ0n) is 20.3. The number of likely N-dealkylation sites (N-methyl/N-ethyl adjacent to an activating group) is 1. The summed E-state index contributed by atoms with van der Waals surface area (Å²) < 4.78 is 18.9. The fourth-order valence-corrected chi connectivity index (χ4v) is 4.19. The highest BCUT2D eigenvalue weighted by atomic mass is 19.1. The number of halogens is 1. The van der Waals surface area contributed by atoms with Crippen molar-refractivity contribution in [2.75, 3.05) is 46.4 Å². The molecule has 0 bridgehead atoms. The highest BCUT2D eigenvalue weighted by Crippen LogP contribution is 2.31. The summed E-state index contributed by atoms with van der Waals surface area (Å²) in [7, 11) is 1.62. The summed E-state index contributed by atoms with van der Waals surface area (Å²) in [6.45, 7) is 8.58. The van der Waals surface area contributed by atoms with E-state index in [9.17, 15) is 18.8 Å². The Balaban J connectivity index is 1.89. The van der Waals surface area contributed by atoms with Crippen LogP contribution in [0.25, 0.3) is 0 Å². The molecule has 2 N–H and O–H groups in total. The third-order valence-electron chi connectivity index (χ3n) is 5.94. The van der Waals surface area contributed by atoms with Crippen molar-refractivity contribution in [2.24, 2.45) is 0 Å². The lowest BCUT2D eigenvalue weighted by molar-refractivity contribution is -0.139. The molecule has 1 saturated heterocycles. The molecule has 0 unspecified atom stereocenters. The van der Waals surface area contributed by atoms with Crippen molar-refractivity contribution in [3.8, 4) is 0 Å². The first-order valence-electron chi connectivity index (χ1n) is 11.7. The number of nitrogens with zero attached hydrogens (tertiary/aromatic N) is 3. The Morgan fingerprint density at radius 1 is 1.18 bits per heavy atom. The maximum absolute atomic E-state index is 13.5. The smallest absolute Gasteiger partial charge is 0.338 e. The first kappa shape index (κ1) is 25.5. The first-order valence-corrected chi connectivity index (χ1v) is 11.7. The van der Waals surface area contributed by atoms with Crippen LogP contribution in [-0.2, 0) is 9.53 Å². The molecule has 1 aromatic rings. The Morgan fingerprint density at radius 3 is 2.53 bits per heavy atom. The van der Waals surface area contributed by atoms with Gasteiger partial charge in [-0.3, -0.25) is 9.80 Å². The molecule has 9 nitrogen and oxygen atoms in total. The molecule has 3 rings (SSSR count). The van der Waals surface area contributed by atoms with Crippen LogP contribution >= 0.6 is 0 Å². The van der Waals surface area contributed by atoms with Gasteiger partial charge in [0.1, 0.15) is 5.82 Å². The Hall–Kier alpha value is -3.14. The summed E-state index contributed by atoms with van der Waals surface area (Å²) in [6.07, 6.45) is 0.769. The minimum Gasteiger partial charge on any atom is -0.463 e. The average Bonchev–Trinajstić information content (AvgIpc) is 3.02. The van der Waals surface area contributed by atoms with Crippen LogP contribution in [0.4, 0.5) is 14.0 Å². The Labute approximate surface area is 199 Å². The molecule has 186 valence electrons. The quantitative estimate of drug-likeness (QED) is 0.617. The van der Waals surface area contributed by atoms with E-state index in [1.807, 2.05) is 13.8 Å². The van der Waals surface area contributed by atoms with Crippen LogP contribution in [0.3, 0.4) is 0 Å². The Bertz CT molecular complexity index is 934. The third-order valence-corrected chi connectivity index (χ3v) is 5.94. The lowest BCUT2D eigenvalue weighted by atomic mass is 9.94. The number of ether oxygens (including phenoxy) is 1. The molecule has 1 fully saturated rings. The van der Waals surface area contributed by atoms with Crippen LogP contribution in [0, 0.1) is 5.82 Å². The van der Waals surface area contributed by atoms with E-state index < -0.39 is 17.8 Å². The second-order valence-corrected chi connectivity index (χ2v) is 8.79. The van der Waals surface area contributed by atoms with Gasteiger partial charge in [0, 0.05) is 51.5 Å². The molecule has 2 aliphatic heterocycles. The molecule has 2 heterocycles. The molecule has 4 amide bonds. The van der Waals surface area contributed by atoms with E-state index in [1.165, 1.54) is 17.0 Å². The van der Waals surface area contributed by atoms with E-state index in [-0.39, 0.29) is 24.7 Å². The minimum absolute atomic E-state index is 0.0574. The highest BCUT2D eigenvalue weighted by Gasteiger charge is 2.37. The second-order valence-electron chi connectivity index (χ2n) is 8.79. The maximum atomic E-state index is 13.5. The molecule has 0 saturated carbocycles. The molecule has 1 aromatic carbocycles. The third kappa shape index (κ3) is 6.05. The topological polar surface area (TPSA) is 94.2 Å². The van der Waals surface area contributed by atoms with E-state index in [4.69, 9.17) is 4.74 Å². The van der Waals surface area contributed by atoms with Crippen molar-refractivity contribution in [1.29, 1.82) is 0 Å². The predicted octanol–water partition coefficient (Wildman–Crippen LogP) is 2.46. The number of benzene rings is 1. The minimum atomic E-state index is -0.751. The maximum Gasteiger partial charge on any atom is 0.338 e. The summed E-state index contributed by atoms with van der Waals surface area (Å²) in [6, 6.07) is 4.57. The number of rotatable bonds is 6. The second kappa shape index (κ2) is 11.3. The van der Waals surface area contributed by atoms with Gasteiger partial charge in [-0.1, -0.05) is 12.1 Å². The van der Waals surface area contributed by atoms with Gasteiger partial charge in [-0.2, -0.15) is 0 Å². The van der Waals surface area contributed by atoms with Crippen LogP contribution in [0.2, 0.25) is 0 Å². The lowest BCUT2D eigenvalue weighted by Crippen LogP contribution is -2.49. The van der Waals surface area contributed by atoms with Crippen molar-refractivity contribution in [2.45, 2.75) is 39.3 Å². The van der Waals surface area contributed by atoms with Crippen molar-refractivity contribution in [1.82, 2.24) is 25.3 Å². The summed E-state index contributed by atoms with van der Waals surface area (Å²) in [4.78, 5) is 43.6. The number of nitrogens with one attached hydrogen (secondary N) is 2. The van der Waals surface area contributed by atoms with Gasteiger partial charge in [0.25, 0.3) is 0 Å². The van der Waals surface area contributed by atoms with Crippen molar-refractivity contribution < 1.29 is 23.5 Å². The molecule has 2 aliphatic rings. The lowest BCUT2D eigenvalue weighted by Gasteiger charge is -2.36. The van der Waals surface area contributed by atoms with E-state index in [2.05, 4.69) is 15.5 Å². The summed E-state index contributed by atoms with van der Waals surface area (Å²) in [5, 5.41) is 5.76. The number of amides is 4. The van der Waals surface area contributed by atoms with Gasteiger partial charge in [0.15, 0.2) is 0 Å². The fourth-order valence-electron chi connectivity index (χ4n) is 4.19. The Morgan fingerprint density at radius 2 is 1.88 bits per heavy atom. The number of carbonyl (C=O) groups is 3. The SMILES string of the molecule is CCOC(=O)C1=C(CN2CCCN(C(=O)NC(C)C)CC2)N(C)C(=O)N[C@@H]1c1ccc(F)cc1. The summed E-state index contributed by atoms with van der Waals surface area (Å²) in [5.41, 5.74) is 1.46. The number of hydrogen-bond donors (Lipinski definition) is 2. The summed E-state index contributed by atoms with van der Waals surface area (Å²) >= 11 is 0.